The number of carbonyl (C=O) groups excluding carboxylic acids is 2. The van der Waals surface area contributed by atoms with Gasteiger partial charge >= 0.3 is 17.6 Å². The molecular weight excluding hydrogens is 920 g/mol. The van der Waals surface area contributed by atoms with Gasteiger partial charge in [0.2, 0.25) is 0 Å². The highest BCUT2D eigenvalue weighted by molar-refractivity contribution is 6.33. The number of aromatic hydroxyl groups is 1. The highest BCUT2D eigenvalue weighted by atomic mass is 35.5. The highest BCUT2D eigenvalue weighted by Crippen LogP contribution is 2.63. The van der Waals surface area contributed by atoms with Crippen LogP contribution in [0.5, 0.6) is 17.2 Å². The Bertz CT molecular complexity index is 3220. The lowest BCUT2D eigenvalue weighted by Gasteiger charge is -2.49. The summed E-state index contributed by atoms with van der Waals surface area (Å²) in [7, 11) is 4.46. The van der Waals surface area contributed by atoms with Crippen molar-refractivity contribution in [3.05, 3.63) is 147 Å². The van der Waals surface area contributed by atoms with E-state index in [0.29, 0.717) is 45.4 Å². The zero-order valence-corrected chi connectivity index (χ0v) is 36.5. The molecule has 3 aromatic carbocycles. The van der Waals surface area contributed by atoms with Crippen molar-refractivity contribution < 1.29 is 37.3 Å². The number of hydrogen-bond donors (Lipinski definition) is 2. The Kier molecular flexibility index (Phi) is 10.6. The number of nitrogens with one attached hydrogen (secondary N) is 1. The van der Waals surface area contributed by atoms with Crippen LogP contribution in [-0.2, 0) is 47.7 Å². The third-order valence-electron chi connectivity index (χ3n) is 12.4. The first-order chi connectivity index (χ1) is 30.9. The molecule has 6 aromatic rings. The summed E-state index contributed by atoms with van der Waals surface area (Å²) in [6, 6.07) is 13.0. The molecule has 0 spiro atoms. The molecule has 2 aliphatic heterocycles. The average Bonchev–Trinajstić information content (AvgIpc) is 3.65. The van der Waals surface area contributed by atoms with E-state index in [1.807, 2.05) is 0 Å². The summed E-state index contributed by atoms with van der Waals surface area (Å²) >= 11 is 19.2. The number of ether oxygens (including phenoxy) is 2. The van der Waals surface area contributed by atoms with Crippen LogP contribution in [0.4, 0.5) is 19.0 Å². The molecule has 0 unspecified atom stereocenters. The largest absolute Gasteiger partial charge is 0.508 e. The normalized spacial score (nSPS) is 20.4. The Balaban J connectivity index is 1.17. The maximum absolute atomic E-state index is 15.4. The van der Waals surface area contributed by atoms with Crippen LogP contribution < -0.4 is 31.8 Å². The molecule has 336 valence electrons. The molecule has 3 aromatic heterocycles. The first-order valence-corrected chi connectivity index (χ1v) is 20.9. The first-order valence-electron chi connectivity index (χ1n) is 19.8. The van der Waals surface area contributed by atoms with E-state index in [-0.39, 0.29) is 58.5 Å². The van der Waals surface area contributed by atoms with E-state index in [1.54, 1.807) is 37.4 Å². The minimum absolute atomic E-state index is 0.0544. The Morgan fingerprint density at radius 1 is 0.923 bits per heavy atom. The van der Waals surface area contributed by atoms with Gasteiger partial charge in [0.1, 0.15) is 11.4 Å². The van der Waals surface area contributed by atoms with E-state index in [2.05, 4.69) is 15.4 Å². The van der Waals surface area contributed by atoms with Gasteiger partial charge in [0.25, 0.3) is 17.4 Å². The number of imide groups is 1. The van der Waals surface area contributed by atoms with Crippen molar-refractivity contribution in [3.8, 4) is 17.2 Å². The summed E-state index contributed by atoms with van der Waals surface area (Å²) in [6.07, 6.45) is -3.07. The van der Waals surface area contributed by atoms with Crippen LogP contribution in [0.1, 0.15) is 40.8 Å². The second kappa shape index (κ2) is 15.8. The molecule has 5 heterocycles. The van der Waals surface area contributed by atoms with Gasteiger partial charge in [0.05, 0.1) is 59.8 Å². The topological polar surface area (TPSA) is 185 Å². The molecule has 2 N–H and O–H groups in total. The number of methoxy groups -OCH3 is 2. The number of amides is 2. The number of allylic oxidation sites excluding steroid dienone is 2. The quantitative estimate of drug-likeness (QED) is 0.128. The number of phenols is 1. The van der Waals surface area contributed by atoms with Crippen LogP contribution in [-0.4, -0.2) is 64.6 Å². The van der Waals surface area contributed by atoms with Crippen molar-refractivity contribution in [2.45, 2.75) is 49.5 Å². The Hall–Kier alpha value is -6.57. The number of carbonyl (C=O) groups is 2. The number of aryl methyl sites for hydroxylation is 2. The lowest BCUT2D eigenvalue weighted by atomic mass is 9.53. The van der Waals surface area contributed by atoms with Crippen LogP contribution in [0.3, 0.4) is 0 Å². The SMILES string of the molecule is COc1cc2nc(CCn3c(=O)n4n(c3=O)[C@@H]3C[C@H]5C(=O)N(Nc6ncc(C(F)(F)F)cc6Cl)C(=O)[C@@]5(c5ccc(Cl)cc5)[C@@H](c5cc(Cl)ccc5O)C3=CC4)c(=O)n(C)c2cc1OC. The molecule has 9 rings (SSSR count). The summed E-state index contributed by atoms with van der Waals surface area (Å²) in [5.41, 5.74) is -0.940. The number of aromatic nitrogens is 6. The molecule has 4 atom stereocenters. The Morgan fingerprint density at radius 3 is 2.29 bits per heavy atom. The second-order valence-corrected chi connectivity index (χ2v) is 17.0. The van der Waals surface area contributed by atoms with Gasteiger partial charge in [-0.25, -0.2) is 33.5 Å². The van der Waals surface area contributed by atoms with Gasteiger partial charge in [-0.15, -0.1) is 0 Å². The summed E-state index contributed by atoms with van der Waals surface area (Å²) in [5.74, 6) is -4.46. The number of hydrogen-bond acceptors (Lipinski definition) is 11. The van der Waals surface area contributed by atoms with Crippen molar-refractivity contribution in [2.24, 2.45) is 13.0 Å². The minimum atomic E-state index is -4.80. The standard InChI is InChI=1S/C43H34Cl3F3N8O8/c1-53-31-18-34(65-3)33(64-2)17-29(31)51-28(38(53)60)11-12-54-40(62)55-13-10-24-30(57(55)41(54)63)16-26-37(59)56(52-36-27(46)14-21(19-50-36)43(47,48)49)39(61)42(26,20-4-6-22(44)7-5-20)35(24)25-15-23(45)8-9-32(25)58/h4-10,14-15,17-19,26,30,35,58H,11-13,16H2,1-3H3,(H,50,52)/t26-,30+,35+,42+/m0/s1. The molecule has 1 saturated carbocycles. The smallest absolute Gasteiger partial charge is 0.417 e. The molecule has 0 bridgehead atoms. The number of anilines is 1. The minimum Gasteiger partial charge on any atom is -0.508 e. The van der Waals surface area contributed by atoms with Crippen LogP contribution in [0.2, 0.25) is 15.1 Å². The number of phenolic OH excluding ortho intramolecular Hbond substituents is 1. The van der Waals surface area contributed by atoms with Gasteiger partial charge in [0, 0.05) is 59.9 Å². The average molecular weight is 954 g/mol. The predicted molar refractivity (Wildman–Crippen MR) is 231 cm³/mol. The fourth-order valence-electron chi connectivity index (χ4n) is 9.47. The van der Waals surface area contributed by atoms with Gasteiger partial charge in [-0.2, -0.15) is 18.2 Å². The molecule has 3 aliphatic rings. The van der Waals surface area contributed by atoms with Gasteiger partial charge in [-0.05, 0) is 54.0 Å². The monoisotopic (exact) mass is 952 g/mol. The number of pyridine rings is 1. The Labute approximate surface area is 379 Å². The van der Waals surface area contributed by atoms with E-state index in [0.717, 1.165) is 4.57 Å². The number of nitrogens with zero attached hydrogens (tertiary/aromatic N) is 7. The lowest BCUT2D eigenvalue weighted by Crippen LogP contribution is -2.53. The van der Waals surface area contributed by atoms with Gasteiger partial charge in [0.15, 0.2) is 17.3 Å². The fraction of sp³-hybridized carbons (Fsp3) is 0.279. The van der Waals surface area contributed by atoms with Crippen LogP contribution in [0, 0.1) is 5.92 Å². The maximum atomic E-state index is 15.4. The third kappa shape index (κ3) is 6.77. The molecule has 0 radical (unpaired) electrons. The van der Waals surface area contributed by atoms with Crippen LogP contribution >= 0.6 is 34.8 Å². The van der Waals surface area contributed by atoms with Crippen molar-refractivity contribution in [2.75, 3.05) is 19.6 Å². The Morgan fingerprint density at radius 2 is 1.62 bits per heavy atom. The zero-order chi connectivity index (χ0) is 46.4. The third-order valence-corrected chi connectivity index (χ3v) is 13.2. The number of benzene rings is 3. The second-order valence-electron chi connectivity index (χ2n) is 15.7. The van der Waals surface area contributed by atoms with Gasteiger partial charge < -0.3 is 19.1 Å². The molecule has 1 aliphatic carbocycles. The number of alkyl halides is 3. The molecule has 2 fully saturated rings. The van der Waals surface area contributed by atoms with Crippen molar-refractivity contribution in [1.82, 2.24) is 33.5 Å². The van der Waals surface area contributed by atoms with Gasteiger partial charge in [-0.1, -0.05) is 53.0 Å². The van der Waals surface area contributed by atoms with Crippen molar-refractivity contribution >= 4 is 63.5 Å². The lowest BCUT2D eigenvalue weighted by molar-refractivity contribution is -0.139. The van der Waals surface area contributed by atoms with E-state index < -0.39 is 74.6 Å². The highest BCUT2D eigenvalue weighted by Gasteiger charge is 2.69. The molecule has 16 nitrogen and oxygen atoms in total. The molecule has 65 heavy (non-hydrogen) atoms. The summed E-state index contributed by atoms with van der Waals surface area (Å²) in [5, 5.41) is 12.1. The number of fused-ring (bicyclic) bond motifs is 5. The van der Waals surface area contributed by atoms with E-state index in [1.165, 1.54) is 58.5 Å². The summed E-state index contributed by atoms with van der Waals surface area (Å²) in [6.45, 7) is -0.473. The van der Waals surface area contributed by atoms with E-state index >= 15 is 4.79 Å². The molecule has 22 heteroatoms. The van der Waals surface area contributed by atoms with E-state index in [9.17, 15) is 37.5 Å². The zero-order valence-electron chi connectivity index (χ0n) is 34.2. The molecule has 2 amide bonds. The van der Waals surface area contributed by atoms with Crippen LogP contribution in [0.15, 0.2) is 92.9 Å². The van der Waals surface area contributed by atoms with E-state index in [4.69, 9.17) is 44.3 Å². The maximum Gasteiger partial charge on any atom is 0.417 e. The number of rotatable bonds is 9. The molecule has 1 saturated heterocycles. The number of halogens is 6. The van der Waals surface area contributed by atoms with Crippen LogP contribution in [0.25, 0.3) is 11.0 Å². The predicted octanol–water partition coefficient (Wildman–Crippen LogP) is 6.02. The molecular formula is C43H34Cl3F3N8O8. The summed E-state index contributed by atoms with van der Waals surface area (Å²) in [4.78, 5) is 81.1. The fourth-order valence-corrected chi connectivity index (χ4v) is 9.99. The summed E-state index contributed by atoms with van der Waals surface area (Å²) < 4.78 is 56.2. The van der Waals surface area contributed by atoms with Crippen molar-refractivity contribution in [3.63, 3.8) is 0 Å². The first kappa shape index (κ1) is 43.7. The van der Waals surface area contributed by atoms with Crippen molar-refractivity contribution in [1.29, 1.82) is 0 Å². The number of hydrazine groups is 1. The van der Waals surface area contributed by atoms with Gasteiger partial charge in [-0.3, -0.25) is 19.8 Å².